The zero-order chi connectivity index (χ0) is 21.6. The minimum atomic E-state index is -0.642. The summed E-state index contributed by atoms with van der Waals surface area (Å²) in [4.78, 5) is 30.9. The standard InChI is InChI=1S/C24H23BrN2O3/c1-4-11-27-21(19-14(3)26-18-8-6-5-7-16(18)19)20(23(29)24(27)30)22(28)15-9-10-17(25)13(2)12-15/h5-10,12,21,26,28H,4,11H2,1-3H3/b22-20+. The average molecular weight is 467 g/mol. The van der Waals surface area contributed by atoms with Crippen LogP contribution in [0.25, 0.3) is 16.7 Å². The monoisotopic (exact) mass is 466 g/mol. The number of H-pyrrole nitrogens is 1. The molecule has 0 bridgehead atoms. The minimum Gasteiger partial charge on any atom is -0.507 e. The molecule has 30 heavy (non-hydrogen) atoms. The van der Waals surface area contributed by atoms with Gasteiger partial charge in [0.2, 0.25) is 0 Å². The summed E-state index contributed by atoms with van der Waals surface area (Å²) in [6, 6.07) is 12.6. The lowest BCUT2D eigenvalue weighted by molar-refractivity contribution is -0.139. The van der Waals surface area contributed by atoms with E-state index in [4.69, 9.17) is 0 Å². The molecule has 1 aromatic heterocycles. The lowest BCUT2D eigenvalue weighted by Crippen LogP contribution is -2.30. The van der Waals surface area contributed by atoms with Gasteiger partial charge in [-0.05, 0) is 44.0 Å². The van der Waals surface area contributed by atoms with E-state index in [1.807, 2.05) is 57.2 Å². The number of carbonyl (C=O) groups excluding carboxylic acids is 2. The van der Waals surface area contributed by atoms with Gasteiger partial charge in [-0.1, -0.05) is 47.1 Å². The van der Waals surface area contributed by atoms with Crippen LogP contribution in [-0.2, 0) is 9.59 Å². The molecular formula is C24H23BrN2O3. The van der Waals surface area contributed by atoms with E-state index in [1.165, 1.54) is 0 Å². The maximum absolute atomic E-state index is 13.1. The highest BCUT2D eigenvalue weighted by molar-refractivity contribution is 9.10. The highest BCUT2D eigenvalue weighted by Crippen LogP contribution is 2.43. The first kappa shape index (κ1) is 20.4. The molecule has 3 aromatic rings. The number of benzene rings is 2. The first-order chi connectivity index (χ1) is 14.3. The molecule has 0 spiro atoms. The van der Waals surface area contributed by atoms with Crippen molar-refractivity contribution >= 4 is 44.3 Å². The molecule has 2 heterocycles. The lowest BCUT2D eigenvalue weighted by atomic mass is 9.93. The van der Waals surface area contributed by atoms with Crippen molar-refractivity contribution in [1.82, 2.24) is 9.88 Å². The summed E-state index contributed by atoms with van der Waals surface area (Å²) >= 11 is 3.46. The van der Waals surface area contributed by atoms with Crippen LogP contribution in [-0.4, -0.2) is 33.2 Å². The highest BCUT2D eigenvalue weighted by atomic mass is 79.9. The molecule has 1 amide bonds. The van der Waals surface area contributed by atoms with Crippen LogP contribution in [0, 0.1) is 13.8 Å². The molecule has 1 fully saturated rings. The Kier molecular flexibility index (Phi) is 5.28. The number of aliphatic hydroxyl groups is 1. The zero-order valence-corrected chi connectivity index (χ0v) is 18.7. The van der Waals surface area contributed by atoms with E-state index in [1.54, 1.807) is 11.0 Å². The number of aliphatic hydroxyl groups excluding tert-OH is 1. The number of ketones is 1. The third-order valence-corrected chi connectivity index (χ3v) is 6.54. The SMILES string of the molecule is CCCN1C(=O)C(=O)/C(=C(/O)c2ccc(Br)c(C)c2)C1c1c(C)[nH]c2ccccc12. The number of nitrogens with zero attached hydrogens (tertiary/aromatic N) is 1. The van der Waals surface area contributed by atoms with E-state index in [0.717, 1.165) is 32.2 Å². The number of aromatic amines is 1. The summed E-state index contributed by atoms with van der Waals surface area (Å²) in [6.45, 7) is 6.25. The third-order valence-electron chi connectivity index (χ3n) is 5.65. The predicted molar refractivity (Wildman–Crippen MR) is 121 cm³/mol. The van der Waals surface area contributed by atoms with Gasteiger partial charge >= 0.3 is 0 Å². The van der Waals surface area contributed by atoms with Crippen molar-refractivity contribution in [3.05, 3.63) is 74.9 Å². The summed E-state index contributed by atoms with van der Waals surface area (Å²) in [6.07, 6.45) is 0.711. The van der Waals surface area contributed by atoms with Crippen LogP contribution >= 0.6 is 15.9 Å². The summed E-state index contributed by atoms with van der Waals surface area (Å²) in [7, 11) is 0. The number of nitrogens with one attached hydrogen (secondary N) is 1. The predicted octanol–water partition coefficient (Wildman–Crippen LogP) is 5.38. The van der Waals surface area contributed by atoms with Crippen LogP contribution in [0.3, 0.4) is 0 Å². The quantitative estimate of drug-likeness (QED) is 0.308. The van der Waals surface area contributed by atoms with Crippen molar-refractivity contribution in [3.8, 4) is 0 Å². The van der Waals surface area contributed by atoms with E-state index in [2.05, 4.69) is 20.9 Å². The van der Waals surface area contributed by atoms with Gasteiger partial charge in [0.1, 0.15) is 5.76 Å². The van der Waals surface area contributed by atoms with Gasteiger partial charge in [-0.15, -0.1) is 0 Å². The summed E-state index contributed by atoms with van der Waals surface area (Å²) in [5.74, 6) is -1.35. The molecule has 0 aliphatic carbocycles. The van der Waals surface area contributed by atoms with Gasteiger partial charge in [0.25, 0.3) is 11.7 Å². The minimum absolute atomic E-state index is 0.141. The van der Waals surface area contributed by atoms with Gasteiger partial charge in [0.15, 0.2) is 0 Å². The smallest absolute Gasteiger partial charge is 0.295 e. The number of likely N-dealkylation sites (tertiary alicyclic amines) is 1. The Labute approximate surface area is 183 Å². The lowest BCUT2D eigenvalue weighted by Gasteiger charge is -2.25. The number of para-hydroxylation sites is 1. The third kappa shape index (κ3) is 3.16. The Hall–Kier alpha value is -2.86. The first-order valence-electron chi connectivity index (χ1n) is 9.97. The fourth-order valence-corrected chi connectivity index (χ4v) is 4.50. The Bertz CT molecular complexity index is 1210. The van der Waals surface area contributed by atoms with Crippen molar-refractivity contribution in [2.24, 2.45) is 0 Å². The number of rotatable bonds is 4. The Balaban J connectivity index is 1.99. The van der Waals surface area contributed by atoms with Gasteiger partial charge in [-0.25, -0.2) is 0 Å². The fraction of sp³-hybridized carbons (Fsp3) is 0.250. The fourth-order valence-electron chi connectivity index (χ4n) is 4.25. The second-order valence-corrected chi connectivity index (χ2v) is 8.52. The Morgan fingerprint density at radius 2 is 1.90 bits per heavy atom. The molecule has 1 saturated heterocycles. The van der Waals surface area contributed by atoms with Gasteiger partial charge in [-0.2, -0.15) is 0 Å². The van der Waals surface area contributed by atoms with Gasteiger partial charge in [-0.3, -0.25) is 9.59 Å². The normalized spacial score (nSPS) is 18.5. The van der Waals surface area contributed by atoms with E-state index in [-0.39, 0.29) is 11.3 Å². The van der Waals surface area contributed by atoms with Crippen molar-refractivity contribution < 1.29 is 14.7 Å². The molecule has 0 saturated carbocycles. The van der Waals surface area contributed by atoms with E-state index >= 15 is 0 Å². The largest absolute Gasteiger partial charge is 0.507 e. The highest BCUT2D eigenvalue weighted by Gasteiger charge is 2.47. The number of aromatic nitrogens is 1. The molecule has 2 N–H and O–H groups in total. The van der Waals surface area contributed by atoms with Gasteiger partial charge in [0.05, 0.1) is 11.6 Å². The van der Waals surface area contributed by atoms with Crippen LogP contribution in [0.2, 0.25) is 0 Å². The maximum atomic E-state index is 13.1. The van der Waals surface area contributed by atoms with Crippen molar-refractivity contribution in [2.45, 2.75) is 33.2 Å². The first-order valence-corrected chi connectivity index (χ1v) is 10.8. The van der Waals surface area contributed by atoms with Crippen LogP contribution in [0.15, 0.2) is 52.5 Å². The average Bonchev–Trinajstić information content (AvgIpc) is 3.17. The second-order valence-electron chi connectivity index (χ2n) is 7.67. The molecular weight excluding hydrogens is 444 g/mol. The van der Waals surface area contributed by atoms with Crippen LogP contribution in [0.4, 0.5) is 0 Å². The van der Waals surface area contributed by atoms with Crippen LogP contribution in [0.1, 0.15) is 41.8 Å². The maximum Gasteiger partial charge on any atom is 0.295 e. The number of carbonyl (C=O) groups is 2. The van der Waals surface area contributed by atoms with E-state index in [9.17, 15) is 14.7 Å². The number of hydrogen-bond acceptors (Lipinski definition) is 3. The molecule has 1 aliphatic rings. The number of hydrogen-bond donors (Lipinski definition) is 2. The molecule has 1 atom stereocenters. The van der Waals surface area contributed by atoms with Crippen molar-refractivity contribution in [2.75, 3.05) is 6.54 Å². The second kappa shape index (κ2) is 7.76. The van der Waals surface area contributed by atoms with Gasteiger partial charge < -0.3 is 15.0 Å². The van der Waals surface area contributed by atoms with Gasteiger partial charge in [0, 0.05) is 38.7 Å². The molecule has 5 nitrogen and oxygen atoms in total. The number of fused-ring (bicyclic) bond motifs is 1. The van der Waals surface area contributed by atoms with Crippen molar-refractivity contribution in [3.63, 3.8) is 0 Å². The summed E-state index contributed by atoms with van der Waals surface area (Å²) in [5, 5.41) is 12.1. The van der Waals surface area contributed by atoms with Crippen molar-refractivity contribution in [1.29, 1.82) is 0 Å². The zero-order valence-electron chi connectivity index (χ0n) is 17.1. The van der Waals surface area contributed by atoms with Crippen LogP contribution < -0.4 is 0 Å². The molecule has 6 heteroatoms. The number of amides is 1. The molecule has 154 valence electrons. The Morgan fingerprint density at radius 1 is 1.17 bits per heavy atom. The molecule has 1 unspecified atom stereocenters. The van der Waals surface area contributed by atoms with E-state index < -0.39 is 17.7 Å². The number of aryl methyl sites for hydroxylation is 2. The number of Topliss-reactive ketones (excluding diaryl/α,β-unsaturated/α-hetero) is 1. The summed E-state index contributed by atoms with van der Waals surface area (Å²) in [5.41, 5.74) is 4.26. The van der Waals surface area contributed by atoms with Crippen LogP contribution in [0.5, 0.6) is 0 Å². The Morgan fingerprint density at radius 3 is 2.60 bits per heavy atom. The molecule has 1 aliphatic heterocycles. The molecule has 4 rings (SSSR count). The summed E-state index contributed by atoms with van der Waals surface area (Å²) < 4.78 is 0.912. The molecule has 2 aromatic carbocycles. The topological polar surface area (TPSA) is 73.4 Å². The molecule has 0 radical (unpaired) electrons. The number of halogens is 1. The van der Waals surface area contributed by atoms with E-state index in [0.29, 0.717) is 18.5 Å².